The molecule has 1 atom stereocenters. The Labute approximate surface area is 170 Å². The summed E-state index contributed by atoms with van der Waals surface area (Å²) >= 11 is 0. The third-order valence-electron chi connectivity index (χ3n) is 6.21. The van der Waals surface area contributed by atoms with Gasteiger partial charge in [-0.3, -0.25) is 14.5 Å². The van der Waals surface area contributed by atoms with Crippen molar-refractivity contribution in [3.63, 3.8) is 0 Å². The van der Waals surface area contributed by atoms with E-state index in [2.05, 4.69) is 30.3 Å². The third-order valence-corrected chi connectivity index (χ3v) is 6.21. The number of ketones is 1. The van der Waals surface area contributed by atoms with E-state index >= 15 is 0 Å². The second-order valence-corrected chi connectivity index (χ2v) is 8.02. The van der Waals surface area contributed by atoms with Crippen molar-refractivity contribution in [3.8, 4) is 0 Å². The van der Waals surface area contributed by atoms with Crippen LogP contribution in [0.15, 0.2) is 78.0 Å². The maximum atomic E-state index is 13.3. The minimum absolute atomic E-state index is 0.0749. The van der Waals surface area contributed by atoms with Gasteiger partial charge in [0.1, 0.15) is 0 Å². The zero-order valence-electron chi connectivity index (χ0n) is 16.5. The first-order valence-electron chi connectivity index (χ1n) is 10.3. The van der Waals surface area contributed by atoms with Crippen molar-refractivity contribution < 1.29 is 9.59 Å². The summed E-state index contributed by atoms with van der Waals surface area (Å²) in [6, 6.07) is 22.5. The molecule has 29 heavy (non-hydrogen) atoms. The van der Waals surface area contributed by atoms with Crippen LogP contribution in [0.2, 0.25) is 0 Å². The number of Topliss-reactive ketones (excluding diaryl/α,β-unsaturated/α-hetero) is 1. The lowest BCUT2D eigenvalue weighted by Gasteiger charge is -2.39. The Bertz CT molecular complexity index is 1170. The van der Waals surface area contributed by atoms with Crippen molar-refractivity contribution in [1.29, 1.82) is 0 Å². The summed E-state index contributed by atoms with van der Waals surface area (Å²) in [4.78, 5) is 28.2. The van der Waals surface area contributed by atoms with Crippen molar-refractivity contribution in [3.05, 3.63) is 89.1 Å². The Balaban J connectivity index is 1.67. The topological polar surface area (TPSA) is 37.4 Å². The van der Waals surface area contributed by atoms with Gasteiger partial charge < -0.3 is 0 Å². The summed E-state index contributed by atoms with van der Waals surface area (Å²) in [5.74, 6) is 0.108. The van der Waals surface area contributed by atoms with E-state index in [1.807, 2.05) is 48.2 Å². The lowest BCUT2D eigenvalue weighted by molar-refractivity contribution is -0.119. The van der Waals surface area contributed by atoms with Crippen molar-refractivity contribution >= 4 is 28.2 Å². The zero-order valence-corrected chi connectivity index (χ0v) is 16.5. The van der Waals surface area contributed by atoms with Crippen LogP contribution in [0.25, 0.3) is 10.8 Å². The van der Waals surface area contributed by atoms with Gasteiger partial charge in [-0.1, -0.05) is 60.7 Å². The van der Waals surface area contributed by atoms with Crippen LogP contribution in [0, 0.1) is 6.92 Å². The number of rotatable bonds is 2. The molecular formula is C26H23NO2. The number of allylic oxidation sites excluding steroid dienone is 2. The number of benzene rings is 3. The highest BCUT2D eigenvalue weighted by molar-refractivity contribution is 6.08. The monoisotopic (exact) mass is 381 g/mol. The molecule has 0 N–H and O–H groups in total. The lowest BCUT2D eigenvalue weighted by atomic mass is 9.76. The highest BCUT2D eigenvalue weighted by atomic mass is 16.2. The van der Waals surface area contributed by atoms with Crippen molar-refractivity contribution in [2.45, 2.75) is 38.5 Å². The van der Waals surface area contributed by atoms with Crippen LogP contribution in [0.1, 0.15) is 42.7 Å². The van der Waals surface area contributed by atoms with Crippen LogP contribution in [0.3, 0.4) is 0 Å². The van der Waals surface area contributed by atoms with E-state index in [1.165, 1.54) is 5.39 Å². The van der Waals surface area contributed by atoms with Crippen LogP contribution < -0.4 is 4.90 Å². The summed E-state index contributed by atoms with van der Waals surface area (Å²) in [6.07, 6.45) is 2.47. The maximum Gasteiger partial charge on any atom is 0.232 e. The summed E-state index contributed by atoms with van der Waals surface area (Å²) in [7, 11) is 0. The van der Waals surface area contributed by atoms with Gasteiger partial charge in [0.15, 0.2) is 5.78 Å². The summed E-state index contributed by atoms with van der Waals surface area (Å²) in [5, 5.41) is 2.31. The van der Waals surface area contributed by atoms with Gasteiger partial charge in [-0.15, -0.1) is 0 Å². The van der Waals surface area contributed by atoms with Gasteiger partial charge in [-0.2, -0.15) is 0 Å². The Morgan fingerprint density at radius 3 is 2.45 bits per heavy atom. The summed E-state index contributed by atoms with van der Waals surface area (Å²) in [5.41, 5.74) is 4.76. The van der Waals surface area contributed by atoms with Gasteiger partial charge in [0.25, 0.3) is 0 Å². The number of carbonyl (C=O) groups excluding carboxylic acids is 2. The van der Waals surface area contributed by atoms with Crippen molar-refractivity contribution in [2.24, 2.45) is 0 Å². The van der Waals surface area contributed by atoms with Crippen LogP contribution in [-0.2, 0) is 9.59 Å². The van der Waals surface area contributed by atoms with E-state index in [0.29, 0.717) is 12.8 Å². The molecule has 0 aromatic heterocycles. The number of amides is 1. The smallest absolute Gasteiger partial charge is 0.232 e. The largest absolute Gasteiger partial charge is 0.294 e. The molecule has 144 valence electrons. The fourth-order valence-corrected chi connectivity index (χ4v) is 4.80. The molecule has 0 bridgehead atoms. The lowest BCUT2D eigenvalue weighted by Crippen LogP contribution is -2.40. The fraction of sp³-hybridized carbons (Fsp3) is 0.231. The van der Waals surface area contributed by atoms with Gasteiger partial charge in [-0.25, -0.2) is 0 Å². The second kappa shape index (κ2) is 7.00. The van der Waals surface area contributed by atoms with Crippen molar-refractivity contribution in [2.75, 3.05) is 4.90 Å². The SMILES string of the molecule is Cc1ccccc1N1C(=O)CC(c2ccc3ccccc3c2)C2=C1CCCC2=O. The van der Waals surface area contributed by atoms with Crippen LogP contribution in [-0.4, -0.2) is 11.7 Å². The molecule has 1 aliphatic carbocycles. The average molecular weight is 381 g/mol. The molecule has 0 fully saturated rings. The average Bonchev–Trinajstić information content (AvgIpc) is 2.74. The van der Waals surface area contributed by atoms with Gasteiger partial charge >= 0.3 is 0 Å². The molecular weight excluding hydrogens is 358 g/mol. The Hall–Kier alpha value is -3.20. The molecule has 0 saturated heterocycles. The van der Waals surface area contributed by atoms with Crippen LogP contribution >= 0.6 is 0 Å². The second-order valence-electron chi connectivity index (χ2n) is 8.02. The zero-order chi connectivity index (χ0) is 20.0. The fourth-order valence-electron chi connectivity index (χ4n) is 4.80. The molecule has 3 aromatic rings. The van der Waals surface area contributed by atoms with Gasteiger partial charge in [0, 0.05) is 30.0 Å². The Kier molecular flexibility index (Phi) is 4.31. The number of aryl methyl sites for hydroxylation is 1. The molecule has 2 aliphatic rings. The molecule has 0 radical (unpaired) electrons. The number of hydrogen-bond donors (Lipinski definition) is 0. The first kappa shape index (κ1) is 17.9. The molecule has 1 aliphatic heterocycles. The van der Waals surface area contributed by atoms with E-state index in [1.54, 1.807) is 0 Å². The number of carbonyl (C=O) groups is 2. The molecule has 3 nitrogen and oxygen atoms in total. The standard InChI is InChI=1S/C26H23NO2/c1-17-7-2-5-10-22(17)27-23-11-6-12-24(28)26(23)21(16-25(27)29)20-14-13-18-8-3-4-9-19(18)15-20/h2-5,7-10,13-15,21H,6,11-12,16H2,1H3. The summed E-state index contributed by atoms with van der Waals surface area (Å²) < 4.78 is 0. The van der Waals surface area contributed by atoms with E-state index in [0.717, 1.165) is 46.3 Å². The first-order chi connectivity index (χ1) is 14.1. The molecule has 0 saturated carbocycles. The van der Waals surface area contributed by atoms with Gasteiger partial charge in [-0.05, 0) is 47.7 Å². The number of anilines is 1. The van der Waals surface area contributed by atoms with Crippen LogP contribution in [0.5, 0.6) is 0 Å². The van der Waals surface area contributed by atoms with Crippen LogP contribution in [0.4, 0.5) is 5.69 Å². The Morgan fingerprint density at radius 1 is 0.862 bits per heavy atom. The van der Waals surface area contributed by atoms with E-state index in [4.69, 9.17) is 0 Å². The highest BCUT2D eigenvalue weighted by Crippen LogP contribution is 2.44. The molecule has 1 heterocycles. The molecule has 3 heteroatoms. The number of nitrogens with zero attached hydrogens (tertiary/aromatic N) is 1. The molecule has 1 amide bonds. The third kappa shape index (κ3) is 2.98. The number of para-hydroxylation sites is 1. The van der Waals surface area contributed by atoms with Gasteiger partial charge in [0.2, 0.25) is 5.91 Å². The minimum Gasteiger partial charge on any atom is -0.294 e. The molecule has 3 aromatic carbocycles. The number of fused-ring (bicyclic) bond motifs is 1. The quantitative estimate of drug-likeness (QED) is 0.573. The summed E-state index contributed by atoms with van der Waals surface area (Å²) in [6.45, 7) is 2.02. The highest BCUT2D eigenvalue weighted by Gasteiger charge is 2.40. The van der Waals surface area contributed by atoms with E-state index in [9.17, 15) is 9.59 Å². The predicted octanol–water partition coefficient (Wildman–Crippen LogP) is 5.68. The normalized spacial score (nSPS) is 19.6. The molecule has 0 spiro atoms. The molecule has 5 rings (SSSR count). The first-order valence-corrected chi connectivity index (χ1v) is 10.3. The maximum absolute atomic E-state index is 13.3. The van der Waals surface area contributed by atoms with Gasteiger partial charge in [0.05, 0.1) is 5.69 Å². The predicted molar refractivity (Wildman–Crippen MR) is 116 cm³/mol. The van der Waals surface area contributed by atoms with Crippen molar-refractivity contribution in [1.82, 2.24) is 0 Å². The molecule has 1 unspecified atom stereocenters. The van der Waals surface area contributed by atoms with E-state index in [-0.39, 0.29) is 17.6 Å². The minimum atomic E-state index is -0.157. The Morgan fingerprint density at radius 2 is 1.62 bits per heavy atom. The van der Waals surface area contributed by atoms with E-state index < -0.39 is 0 Å². The number of hydrogen-bond acceptors (Lipinski definition) is 2.